The molecule has 0 spiro atoms. The van der Waals surface area contributed by atoms with Crippen molar-refractivity contribution in [2.45, 2.75) is 50.9 Å². The van der Waals surface area contributed by atoms with Crippen LogP contribution < -0.4 is 0 Å². The molecular formula is C11H21NO2. The van der Waals surface area contributed by atoms with Crippen LogP contribution in [0, 0.1) is 0 Å². The van der Waals surface area contributed by atoms with Gasteiger partial charge in [0.15, 0.2) is 0 Å². The van der Waals surface area contributed by atoms with Crippen LogP contribution in [0.15, 0.2) is 0 Å². The second-order valence-corrected chi connectivity index (χ2v) is 4.60. The van der Waals surface area contributed by atoms with Gasteiger partial charge < -0.3 is 9.84 Å². The number of aliphatic hydroxyl groups excluding tert-OH is 1. The van der Waals surface area contributed by atoms with E-state index < -0.39 is 0 Å². The number of aliphatic hydroxyl groups is 1. The van der Waals surface area contributed by atoms with E-state index in [9.17, 15) is 0 Å². The van der Waals surface area contributed by atoms with Crippen molar-refractivity contribution in [1.29, 1.82) is 0 Å². The molecule has 0 bridgehead atoms. The molecule has 1 saturated heterocycles. The monoisotopic (exact) mass is 199 g/mol. The molecule has 0 aromatic carbocycles. The van der Waals surface area contributed by atoms with Crippen molar-refractivity contribution in [3.63, 3.8) is 0 Å². The van der Waals surface area contributed by atoms with Crippen LogP contribution in [0.3, 0.4) is 0 Å². The van der Waals surface area contributed by atoms with E-state index in [1.54, 1.807) is 0 Å². The molecule has 0 aromatic rings. The van der Waals surface area contributed by atoms with Crippen LogP contribution in [-0.4, -0.2) is 48.0 Å². The standard InChI is InChI=1S/C11H21NO2/c1-9-2-5-11(14-9)8-12(6-7-13)10-3-4-10/h9-11,13H,2-8H2,1H3. The predicted octanol–water partition coefficient (Wildman–Crippen LogP) is 1.01. The molecule has 3 nitrogen and oxygen atoms in total. The Hall–Kier alpha value is -0.120. The van der Waals surface area contributed by atoms with Crippen LogP contribution in [0.2, 0.25) is 0 Å². The van der Waals surface area contributed by atoms with Gasteiger partial charge in [-0.25, -0.2) is 0 Å². The quantitative estimate of drug-likeness (QED) is 0.717. The Morgan fingerprint density at radius 3 is 2.57 bits per heavy atom. The van der Waals surface area contributed by atoms with Gasteiger partial charge in [0.05, 0.1) is 18.8 Å². The van der Waals surface area contributed by atoms with Gasteiger partial charge in [-0.1, -0.05) is 0 Å². The summed E-state index contributed by atoms with van der Waals surface area (Å²) in [4.78, 5) is 2.39. The van der Waals surface area contributed by atoms with E-state index in [0.717, 1.165) is 19.1 Å². The molecular weight excluding hydrogens is 178 g/mol. The molecule has 0 amide bonds. The van der Waals surface area contributed by atoms with Gasteiger partial charge in [-0.2, -0.15) is 0 Å². The largest absolute Gasteiger partial charge is 0.395 e. The second-order valence-electron chi connectivity index (χ2n) is 4.60. The lowest BCUT2D eigenvalue weighted by Crippen LogP contribution is -2.36. The van der Waals surface area contributed by atoms with E-state index in [0.29, 0.717) is 12.2 Å². The zero-order valence-electron chi connectivity index (χ0n) is 8.98. The molecule has 1 aliphatic carbocycles. The number of nitrogens with zero attached hydrogens (tertiary/aromatic N) is 1. The maximum absolute atomic E-state index is 8.96. The molecule has 1 heterocycles. The fraction of sp³-hybridized carbons (Fsp3) is 1.00. The lowest BCUT2D eigenvalue weighted by Gasteiger charge is -2.24. The van der Waals surface area contributed by atoms with E-state index in [1.165, 1.54) is 25.7 Å². The molecule has 1 aliphatic heterocycles. The van der Waals surface area contributed by atoms with Crippen molar-refractivity contribution in [2.75, 3.05) is 19.7 Å². The van der Waals surface area contributed by atoms with Gasteiger partial charge in [0.25, 0.3) is 0 Å². The summed E-state index contributed by atoms with van der Waals surface area (Å²) in [6.07, 6.45) is 5.86. The summed E-state index contributed by atoms with van der Waals surface area (Å²) in [5.41, 5.74) is 0. The summed E-state index contributed by atoms with van der Waals surface area (Å²) < 4.78 is 5.79. The molecule has 2 aliphatic rings. The third-order valence-electron chi connectivity index (χ3n) is 3.21. The Bertz CT molecular complexity index is 182. The first-order valence-corrected chi connectivity index (χ1v) is 5.80. The van der Waals surface area contributed by atoms with Crippen molar-refractivity contribution in [2.24, 2.45) is 0 Å². The zero-order chi connectivity index (χ0) is 9.97. The van der Waals surface area contributed by atoms with E-state index in [1.807, 2.05) is 0 Å². The van der Waals surface area contributed by atoms with Crippen molar-refractivity contribution >= 4 is 0 Å². The summed E-state index contributed by atoms with van der Waals surface area (Å²) in [5.74, 6) is 0. The lowest BCUT2D eigenvalue weighted by molar-refractivity contribution is 0.0261. The molecule has 2 rings (SSSR count). The molecule has 1 N–H and O–H groups in total. The second kappa shape index (κ2) is 4.60. The minimum atomic E-state index is 0.277. The van der Waals surface area contributed by atoms with Gasteiger partial charge in [0.1, 0.15) is 0 Å². The van der Waals surface area contributed by atoms with Crippen molar-refractivity contribution in [3.8, 4) is 0 Å². The van der Waals surface area contributed by atoms with Gasteiger partial charge in [-0.3, -0.25) is 4.90 Å². The maximum Gasteiger partial charge on any atom is 0.0706 e. The molecule has 82 valence electrons. The summed E-state index contributed by atoms with van der Waals surface area (Å²) in [6.45, 7) is 4.26. The van der Waals surface area contributed by atoms with Crippen LogP contribution in [0.1, 0.15) is 32.6 Å². The Balaban J connectivity index is 1.75. The Morgan fingerprint density at radius 2 is 2.07 bits per heavy atom. The SMILES string of the molecule is CC1CCC(CN(CCO)C2CC2)O1. The lowest BCUT2D eigenvalue weighted by atomic mass is 10.2. The third kappa shape index (κ3) is 2.69. The van der Waals surface area contributed by atoms with Crippen LogP contribution in [0.4, 0.5) is 0 Å². The van der Waals surface area contributed by atoms with E-state index in [2.05, 4.69) is 11.8 Å². The molecule has 14 heavy (non-hydrogen) atoms. The molecule has 3 heteroatoms. The van der Waals surface area contributed by atoms with Gasteiger partial charge in [0.2, 0.25) is 0 Å². The van der Waals surface area contributed by atoms with Gasteiger partial charge >= 0.3 is 0 Å². The first kappa shape index (κ1) is 10.4. The van der Waals surface area contributed by atoms with Crippen LogP contribution in [-0.2, 0) is 4.74 Å². The number of ether oxygens (including phenoxy) is 1. The van der Waals surface area contributed by atoms with Gasteiger partial charge in [-0.05, 0) is 32.6 Å². The fourth-order valence-electron chi connectivity index (χ4n) is 2.27. The smallest absolute Gasteiger partial charge is 0.0706 e. The zero-order valence-corrected chi connectivity index (χ0v) is 8.98. The van der Waals surface area contributed by atoms with Crippen molar-refractivity contribution in [1.82, 2.24) is 4.90 Å². The van der Waals surface area contributed by atoms with Crippen LogP contribution in [0.5, 0.6) is 0 Å². The van der Waals surface area contributed by atoms with Gasteiger partial charge in [-0.15, -0.1) is 0 Å². The summed E-state index contributed by atoms with van der Waals surface area (Å²) in [5, 5.41) is 8.96. The Kier molecular flexibility index (Phi) is 3.42. The highest BCUT2D eigenvalue weighted by Gasteiger charge is 2.32. The number of rotatable bonds is 5. The number of hydrogen-bond acceptors (Lipinski definition) is 3. The normalized spacial score (nSPS) is 32.8. The highest BCUT2D eigenvalue weighted by molar-refractivity contribution is 4.86. The summed E-state index contributed by atoms with van der Waals surface area (Å²) in [6, 6.07) is 0.738. The topological polar surface area (TPSA) is 32.7 Å². The fourth-order valence-corrected chi connectivity index (χ4v) is 2.27. The average Bonchev–Trinajstić information content (AvgIpc) is 2.91. The minimum Gasteiger partial charge on any atom is -0.395 e. The molecule has 1 saturated carbocycles. The minimum absolute atomic E-state index is 0.277. The Morgan fingerprint density at radius 1 is 1.29 bits per heavy atom. The average molecular weight is 199 g/mol. The molecule has 2 fully saturated rings. The first-order valence-electron chi connectivity index (χ1n) is 5.80. The molecule has 2 unspecified atom stereocenters. The van der Waals surface area contributed by atoms with Crippen molar-refractivity contribution in [3.05, 3.63) is 0 Å². The molecule has 2 atom stereocenters. The van der Waals surface area contributed by atoms with E-state index >= 15 is 0 Å². The molecule has 0 aromatic heterocycles. The highest BCUT2D eigenvalue weighted by atomic mass is 16.5. The first-order chi connectivity index (χ1) is 6.79. The highest BCUT2D eigenvalue weighted by Crippen LogP contribution is 2.28. The Labute approximate surface area is 86.0 Å². The molecule has 0 radical (unpaired) electrons. The maximum atomic E-state index is 8.96. The van der Waals surface area contributed by atoms with E-state index in [4.69, 9.17) is 9.84 Å². The van der Waals surface area contributed by atoms with E-state index in [-0.39, 0.29) is 6.61 Å². The van der Waals surface area contributed by atoms with Crippen LogP contribution >= 0.6 is 0 Å². The number of hydrogen-bond donors (Lipinski definition) is 1. The summed E-state index contributed by atoms with van der Waals surface area (Å²) in [7, 11) is 0. The third-order valence-corrected chi connectivity index (χ3v) is 3.21. The van der Waals surface area contributed by atoms with Crippen molar-refractivity contribution < 1.29 is 9.84 Å². The van der Waals surface area contributed by atoms with Gasteiger partial charge in [0, 0.05) is 19.1 Å². The predicted molar refractivity (Wildman–Crippen MR) is 55.2 cm³/mol. The van der Waals surface area contributed by atoms with Crippen LogP contribution in [0.25, 0.3) is 0 Å². The summed E-state index contributed by atoms with van der Waals surface area (Å²) >= 11 is 0.